The molecule has 0 bridgehead atoms. The molecule has 1 aliphatic rings. The second kappa shape index (κ2) is 8.12. The van der Waals surface area contributed by atoms with Crippen molar-refractivity contribution in [2.75, 3.05) is 13.1 Å². The number of nitrogens with zero attached hydrogens (tertiary/aromatic N) is 4. The maximum Gasteiger partial charge on any atom is 0.315 e. The van der Waals surface area contributed by atoms with Crippen molar-refractivity contribution in [3.8, 4) is 0 Å². The van der Waals surface area contributed by atoms with Crippen LogP contribution in [0.4, 0.5) is 0 Å². The van der Waals surface area contributed by atoms with Gasteiger partial charge in [0, 0.05) is 31.8 Å². The number of ether oxygens (including phenoxy) is 1. The van der Waals surface area contributed by atoms with Crippen molar-refractivity contribution in [3.63, 3.8) is 0 Å². The molecule has 148 valence electrons. The Hall–Kier alpha value is -2.35. The molecule has 0 aromatic carbocycles. The van der Waals surface area contributed by atoms with Crippen LogP contribution in [-0.4, -0.2) is 56.3 Å². The van der Waals surface area contributed by atoms with Gasteiger partial charge in [-0.25, -0.2) is 5.01 Å². The van der Waals surface area contributed by atoms with Crippen LogP contribution in [0.15, 0.2) is 6.08 Å². The molecular formula is C18H25ClN4O4. The van der Waals surface area contributed by atoms with E-state index < -0.39 is 23.9 Å². The van der Waals surface area contributed by atoms with E-state index in [4.69, 9.17) is 16.3 Å². The van der Waals surface area contributed by atoms with Crippen LogP contribution in [0.5, 0.6) is 0 Å². The molecule has 1 fully saturated rings. The third kappa shape index (κ3) is 5.32. The molecule has 1 saturated heterocycles. The molecule has 0 saturated carbocycles. The molecule has 1 aromatic heterocycles. The third-order valence-electron chi connectivity index (χ3n) is 3.88. The molecule has 0 N–H and O–H groups in total. The maximum atomic E-state index is 12.5. The van der Waals surface area contributed by atoms with Crippen LogP contribution in [0.25, 0.3) is 6.08 Å². The number of esters is 1. The number of aromatic nitrogens is 2. The van der Waals surface area contributed by atoms with Crippen LogP contribution in [0.2, 0.25) is 5.15 Å². The minimum Gasteiger partial charge on any atom is -0.460 e. The first-order valence-corrected chi connectivity index (χ1v) is 9.08. The minimum absolute atomic E-state index is 0.357. The SMILES string of the molecule is Cc1nn(C)c(Cl)c1C=CC(=O)N1CCCN1C(=O)CC(=O)OC(C)(C)C. The van der Waals surface area contributed by atoms with Crippen LogP contribution in [-0.2, 0) is 26.2 Å². The van der Waals surface area contributed by atoms with E-state index in [1.807, 2.05) is 0 Å². The summed E-state index contributed by atoms with van der Waals surface area (Å²) in [6.45, 7) is 7.78. The Labute approximate surface area is 163 Å². The molecule has 1 aliphatic heterocycles. The number of aryl methyl sites for hydroxylation is 2. The molecule has 0 unspecified atom stereocenters. The quantitative estimate of drug-likeness (QED) is 0.442. The lowest BCUT2D eigenvalue weighted by molar-refractivity contribution is -0.164. The number of rotatable bonds is 4. The normalized spacial score (nSPS) is 14.9. The number of carbonyl (C=O) groups excluding carboxylic acids is 3. The fourth-order valence-electron chi connectivity index (χ4n) is 2.77. The number of halogens is 1. The zero-order chi connectivity index (χ0) is 20.4. The highest BCUT2D eigenvalue weighted by atomic mass is 35.5. The predicted molar refractivity (Wildman–Crippen MR) is 100 cm³/mol. The van der Waals surface area contributed by atoms with E-state index in [9.17, 15) is 14.4 Å². The van der Waals surface area contributed by atoms with Gasteiger partial charge in [-0.05, 0) is 40.2 Å². The smallest absolute Gasteiger partial charge is 0.315 e. The molecule has 8 nitrogen and oxygen atoms in total. The van der Waals surface area contributed by atoms with Crippen molar-refractivity contribution in [1.82, 2.24) is 19.8 Å². The first-order valence-electron chi connectivity index (χ1n) is 8.70. The summed E-state index contributed by atoms with van der Waals surface area (Å²) in [5, 5.41) is 7.25. The predicted octanol–water partition coefficient (Wildman–Crippen LogP) is 2.10. The van der Waals surface area contributed by atoms with Crippen molar-refractivity contribution < 1.29 is 19.1 Å². The van der Waals surface area contributed by atoms with Crippen LogP contribution in [0.3, 0.4) is 0 Å². The Morgan fingerprint density at radius 3 is 2.41 bits per heavy atom. The van der Waals surface area contributed by atoms with Gasteiger partial charge in [-0.1, -0.05) is 11.6 Å². The van der Waals surface area contributed by atoms with Gasteiger partial charge in [-0.3, -0.25) is 24.1 Å². The molecule has 27 heavy (non-hydrogen) atoms. The highest BCUT2D eigenvalue weighted by Crippen LogP contribution is 2.21. The van der Waals surface area contributed by atoms with E-state index in [1.54, 1.807) is 40.8 Å². The summed E-state index contributed by atoms with van der Waals surface area (Å²) in [5.41, 5.74) is 0.686. The Bertz CT molecular complexity index is 779. The summed E-state index contributed by atoms with van der Waals surface area (Å²) < 4.78 is 6.69. The molecule has 0 atom stereocenters. The van der Waals surface area contributed by atoms with Crippen LogP contribution in [0, 0.1) is 6.92 Å². The summed E-state index contributed by atoms with van der Waals surface area (Å²) >= 11 is 6.15. The van der Waals surface area contributed by atoms with Gasteiger partial charge in [-0.2, -0.15) is 5.10 Å². The van der Waals surface area contributed by atoms with Gasteiger partial charge >= 0.3 is 5.97 Å². The molecule has 0 radical (unpaired) electrons. The number of hydrogen-bond acceptors (Lipinski definition) is 5. The van der Waals surface area contributed by atoms with Crippen LogP contribution < -0.4 is 0 Å². The zero-order valence-corrected chi connectivity index (χ0v) is 17.0. The topological polar surface area (TPSA) is 84.7 Å². The first-order chi connectivity index (χ1) is 12.5. The van der Waals surface area contributed by atoms with Gasteiger partial charge in [-0.15, -0.1) is 0 Å². The molecule has 9 heteroatoms. The summed E-state index contributed by atoms with van der Waals surface area (Å²) in [7, 11) is 1.71. The fraction of sp³-hybridized carbons (Fsp3) is 0.556. The lowest BCUT2D eigenvalue weighted by atomic mass is 10.2. The highest BCUT2D eigenvalue weighted by molar-refractivity contribution is 6.31. The summed E-state index contributed by atoms with van der Waals surface area (Å²) in [6, 6.07) is 0. The van der Waals surface area contributed by atoms with E-state index >= 15 is 0 Å². The number of amides is 2. The largest absolute Gasteiger partial charge is 0.460 e. The third-order valence-corrected chi connectivity index (χ3v) is 4.33. The molecule has 0 aliphatic carbocycles. The lowest BCUT2D eigenvalue weighted by Gasteiger charge is -2.27. The summed E-state index contributed by atoms with van der Waals surface area (Å²) in [6.07, 6.45) is 3.18. The Morgan fingerprint density at radius 1 is 1.22 bits per heavy atom. The van der Waals surface area contributed by atoms with E-state index in [2.05, 4.69) is 5.10 Å². The molecular weight excluding hydrogens is 372 g/mol. The number of carbonyl (C=O) groups is 3. The highest BCUT2D eigenvalue weighted by Gasteiger charge is 2.31. The van der Waals surface area contributed by atoms with Crippen LogP contribution in [0.1, 0.15) is 44.9 Å². The molecule has 2 heterocycles. The Kier molecular flexibility index (Phi) is 6.30. The first kappa shape index (κ1) is 21.0. The standard InChI is InChI=1S/C18H25ClN4O4/c1-12-13(17(19)21(5)20-12)7-8-14(24)22-9-6-10-23(22)15(25)11-16(26)27-18(2,3)4/h7-8H,6,9-11H2,1-5H3. The zero-order valence-electron chi connectivity index (χ0n) is 16.3. The summed E-state index contributed by atoms with van der Waals surface area (Å²) in [4.78, 5) is 36.8. The number of hydrogen-bond donors (Lipinski definition) is 0. The maximum absolute atomic E-state index is 12.5. The fourth-order valence-corrected chi connectivity index (χ4v) is 3.01. The number of hydrazine groups is 1. The van der Waals surface area contributed by atoms with Crippen molar-refractivity contribution in [2.45, 2.75) is 46.1 Å². The van der Waals surface area contributed by atoms with E-state index in [1.165, 1.54) is 20.8 Å². The van der Waals surface area contributed by atoms with Gasteiger partial charge in [0.25, 0.3) is 11.8 Å². The van der Waals surface area contributed by atoms with Gasteiger partial charge < -0.3 is 4.74 Å². The van der Waals surface area contributed by atoms with Gasteiger partial charge in [0.15, 0.2) is 0 Å². The van der Waals surface area contributed by atoms with Crippen molar-refractivity contribution in [3.05, 3.63) is 22.5 Å². The molecule has 1 aromatic rings. The Morgan fingerprint density at radius 2 is 1.85 bits per heavy atom. The van der Waals surface area contributed by atoms with E-state index in [0.29, 0.717) is 35.9 Å². The van der Waals surface area contributed by atoms with E-state index in [0.717, 1.165) is 0 Å². The minimum atomic E-state index is -0.665. The second-order valence-corrected chi connectivity index (χ2v) is 7.70. The summed E-state index contributed by atoms with van der Waals surface area (Å²) in [5.74, 6) is -1.43. The molecule has 2 amide bonds. The van der Waals surface area contributed by atoms with Crippen molar-refractivity contribution in [1.29, 1.82) is 0 Å². The lowest BCUT2D eigenvalue weighted by Crippen LogP contribution is -2.45. The van der Waals surface area contributed by atoms with Gasteiger partial charge in [0.2, 0.25) is 0 Å². The monoisotopic (exact) mass is 396 g/mol. The Balaban J connectivity index is 2.04. The molecule has 0 spiro atoms. The van der Waals surface area contributed by atoms with Crippen molar-refractivity contribution in [2.24, 2.45) is 7.05 Å². The average Bonchev–Trinajstić information content (AvgIpc) is 3.10. The van der Waals surface area contributed by atoms with Gasteiger partial charge in [0.1, 0.15) is 17.2 Å². The van der Waals surface area contributed by atoms with Crippen molar-refractivity contribution >= 4 is 35.5 Å². The van der Waals surface area contributed by atoms with Gasteiger partial charge in [0.05, 0.1) is 5.69 Å². The average molecular weight is 397 g/mol. The molecule has 2 rings (SSSR count). The van der Waals surface area contributed by atoms with E-state index in [-0.39, 0.29) is 5.91 Å². The van der Waals surface area contributed by atoms with Crippen LogP contribution >= 0.6 is 11.6 Å². The second-order valence-electron chi connectivity index (χ2n) is 7.34.